The first kappa shape index (κ1) is 16.5. The fourth-order valence-electron chi connectivity index (χ4n) is 2.05. The largest absolute Gasteiger partial charge is 0.241 e. The number of halogens is 1. The number of hydrogen-bond acceptors (Lipinski definition) is 2. The topological polar surface area (TPSA) is 46.2 Å². The molecule has 0 atom stereocenters. The van der Waals surface area contributed by atoms with Crippen LogP contribution >= 0.6 is 11.6 Å². The van der Waals surface area contributed by atoms with E-state index in [1.807, 2.05) is 39.8 Å². The van der Waals surface area contributed by atoms with E-state index in [-0.39, 0.29) is 5.88 Å². The summed E-state index contributed by atoms with van der Waals surface area (Å²) in [4.78, 5) is 0.328. The maximum atomic E-state index is 12.5. The van der Waals surface area contributed by atoms with E-state index in [1.165, 1.54) is 0 Å². The van der Waals surface area contributed by atoms with E-state index in [1.54, 1.807) is 6.07 Å². The van der Waals surface area contributed by atoms with Crippen molar-refractivity contribution in [3.63, 3.8) is 0 Å². The van der Waals surface area contributed by atoms with Crippen LogP contribution in [0.2, 0.25) is 0 Å². The summed E-state index contributed by atoms with van der Waals surface area (Å²) >= 11 is 5.96. The molecule has 108 valence electrons. The SMILES string of the molecule is CCC(CC)(CCl)NS(=O)(=O)c1ccc(C)cc1C. The quantitative estimate of drug-likeness (QED) is 0.819. The molecule has 0 saturated heterocycles. The Labute approximate surface area is 121 Å². The molecule has 0 radical (unpaired) electrons. The fraction of sp³-hybridized carbons (Fsp3) is 0.571. The fourth-order valence-corrected chi connectivity index (χ4v) is 4.35. The van der Waals surface area contributed by atoms with Crippen molar-refractivity contribution in [3.8, 4) is 0 Å². The lowest BCUT2D eigenvalue weighted by atomic mass is 9.97. The first-order valence-corrected chi connectivity index (χ1v) is 8.49. The Kier molecular flexibility index (Phi) is 5.42. The Bertz CT molecular complexity index is 528. The van der Waals surface area contributed by atoms with Crippen molar-refractivity contribution in [2.75, 3.05) is 5.88 Å². The Morgan fingerprint density at radius 3 is 2.21 bits per heavy atom. The van der Waals surface area contributed by atoms with Crippen molar-refractivity contribution in [2.24, 2.45) is 0 Å². The molecule has 1 aromatic rings. The van der Waals surface area contributed by atoms with Crippen LogP contribution in [0.5, 0.6) is 0 Å². The second kappa shape index (κ2) is 6.25. The number of aryl methyl sites for hydroxylation is 2. The normalized spacial score (nSPS) is 12.7. The first-order chi connectivity index (χ1) is 8.80. The van der Waals surface area contributed by atoms with Gasteiger partial charge in [0.2, 0.25) is 10.0 Å². The van der Waals surface area contributed by atoms with E-state index < -0.39 is 15.6 Å². The second-order valence-electron chi connectivity index (χ2n) is 5.00. The molecule has 1 rings (SSSR count). The van der Waals surface area contributed by atoms with Crippen LogP contribution in [-0.4, -0.2) is 19.8 Å². The van der Waals surface area contributed by atoms with E-state index in [4.69, 9.17) is 11.6 Å². The average Bonchev–Trinajstić information content (AvgIpc) is 2.35. The maximum absolute atomic E-state index is 12.5. The van der Waals surface area contributed by atoms with Gasteiger partial charge in [-0.1, -0.05) is 31.5 Å². The number of benzene rings is 1. The molecule has 0 amide bonds. The lowest BCUT2D eigenvalue weighted by Crippen LogP contribution is -2.49. The summed E-state index contributed by atoms with van der Waals surface area (Å²) in [6, 6.07) is 5.33. The summed E-state index contributed by atoms with van der Waals surface area (Å²) in [7, 11) is -3.54. The van der Waals surface area contributed by atoms with Crippen LogP contribution in [0.15, 0.2) is 23.1 Å². The van der Waals surface area contributed by atoms with Gasteiger partial charge in [-0.25, -0.2) is 13.1 Å². The monoisotopic (exact) mass is 303 g/mol. The Hall–Kier alpha value is -0.580. The lowest BCUT2D eigenvalue weighted by molar-refractivity contribution is 0.394. The summed E-state index contributed by atoms with van der Waals surface area (Å²) in [6.45, 7) is 7.63. The van der Waals surface area contributed by atoms with E-state index in [0.717, 1.165) is 11.1 Å². The summed E-state index contributed by atoms with van der Waals surface area (Å²) in [5.41, 5.74) is 1.23. The predicted octanol–water partition coefficient (Wildman–Crippen LogP) is 3.38. The zero-order chi connectivity index (χ0) is 14.7. The molecular formula is C14H22ClNO2S. The first-order valence-electron chi connectivity index (χ1n) is 6.47. The maximum Gasteiger partial charge on any atom is 0.241 e. The van der Waals surface area contributed by atoms with Gasteiger partial charge in [0.05, 0.1) is 4.90 Å². The van der Waals surface area contributed by atoms with Crippen molar-refractivity contribution in [1.29, 1.82) is 0 Å². The van der Waals surface area contributed by atoms with E-state index in [0.29, 0.717) is 17.7 Å². The third kappa shape index (κ3) is 3.71. The molecule has 0 aliphatic carbocycles. The van der Waals surface area contributed by atoms with Gasteiger partial charge in [-0.3, -0.25) is 0 Å². The molecule has 19 heavy (non-hydrogen) atoms. The number of nitrogens with one attached hydrogen (secondary N) is 1. The van der Waals surface area contributed by atoms with Crippen molar-refractivity contribution >= 4 is 21.6 Å². The van der Waals surface area contributed by atoms with E-state index in [9.17, 15) is 8.42 Å². The molecule has 0 heterocycles. The van der Waals surface area contributed by atoms with Crippen molar-refractivity contribution < 1.29 is 8.42 Å². The Morgan fingerprint density at radius 2 is 1.79 bits per heavy atom. The predicted molar refractivity (Wildman–Crippen MR) is 80.3 cm³/mol. The van der Waals surface area contributed by atoms with Gasteiger partial charge < -0.3 is 0 Å². The molecule has 1 N–H and O–H groups in total. The van der Waals surface area contributed by atoms with Crippen LogP contribution in [0, 0.1) is 13.8 Å². The average molecular weight is 304 g/mol. The smallest absolute Gasteiger partial charge is 0.207 e. The van der Waals surface area contributed by atoms with Crippen LogP contribution in [0.1, 0.15) is 37.8 Å². The van der Waals surface area contributed by atoms with Crippen molar-refractivity contribution in [1.82, 2.24) is 4.72 Å². The van der Waals surface area contributed by atoms with E-state index in [2.05, 4.69) is 4.72 Å². The molecule has 0 aliphatic heterocycles. The second-order valence-corrected chi connectivity index (χ2v) is 6.91. The molecular weight excluding hydrogens is 282 g/mol. The molecule has 0 spiro atoms. The standard InChI is InChI=1S/C14H22ClNO2S/c1-5-14(6-2,10-15)16-19(17,18)13-8-7-11(3)9-12(13)4/h7-9,16H,5-6,10H2,1-4H3. The molecule has 0 fully saturated rings. The molecule has 0 saturated carbocycles. The van der Waals surface area contributed by atoms with Crippen LogP contribution < -0.4 is 4.72 Å². The summed E-state index contributed by atoms with van der Waals surface area (Å²) in [5.74, 6) is 0.268. The number of alkyl halides is 1. The van der Waals surface area contributed by atoms with Crippen LogP contribution in [0.4, 0.5) is 0 Å². The Balaban J connectivity index is 3.17. The van der Waals surface area contributed by atoms with Crippen LogP contribution in [-0.2, 0) is 10.0 Å². The van der Waals surface area contributed by atoms with Gasteiger partial charge in [0, 0.05) is 11.4 Å². The lowest BCUT2D eigenvalue weighted by Gasteiger charge is -2.30. The van der Waals surface area contributed by atoms with E-state index >= 15 is 0 Å². The number of sulfonamides is 1. The Morgan fingerprint density at radius 1 is 1.21 bits per heavy atom. The van der Waals surface area contributed by atoms with Gasteiger partial charge in [-0.15, -0.1) is 11.6 Å². The third-order valence-corrected chi connectivity index (χ3v) is 5.83. The minimum absolute atomic E-state index is 0.268. The van der Waals surface area contributed by atoms with Gasteiger partial charge in [0.25, 0.3) is 0 Å². The minimum Gasteiger partial charge on any atom is -0.207 e. The summed E-state index contributed by atoms with van der Waals surface area (Å²) in [5, 5.41) is 0. The number of hydrogen-bond donors (Lipinski definition) is 1. The van der Waals surface area contributed by atoms with Crippen LogP contribution in [0.25, 0.3) is 0 Å². The van der Waals surface area contributed by atoms with Crippen molar-refractivity contribution in [3.05, 3.63) is 29.3 Å². The summed E-state index contributed by atoms with van der Waals surface area (Å²) in [6.07, 6.45) is 1.33. The highest BCUT2D eigenvalue weighted by atomic mass is 35.5. The molecule has 0 aromatic heterocycles. The van der Waals surface area contributed by atoms with Crippen molar-refractivity contribution in [2.45, 2.75) is 51.0 Å². The molecule has 3 nitrogen and oxygen atoms in total. The molecule has 0 unspecified atom stereocenters. The molecule has 0 aliphatic rings. The highest BCUT2D eigenvalue weighted by Crippen LogP contribution is 2.23. The van der Waals surface area contributed by atoms with Gasteiger partial charge in [0.1, 0.15) is 0 Å². The highest BCUT2D eigenvalue weighted by Gasteiger charge is 2.31. The molecule has 0 bridgehead atoms. The molecule has 1 aromatic carbocycles. The van der Waals surface area contributed by atoms with Gasteiger partial charge >= 0.3 is 0 Å². The number of rotatable bonds is 6. The zero-order valence-corrected chi connectivity index (χ0v) is 13.5. The van der Waals surface area contributed by atoms with Gasteiger partial charge in [0.15, 0.2) is 0 Å². The summed E-state index contributed by atoms with van der Waals surface area (Å²) < 4.78 is 27.7. The highest BCUT2D eigenvalue weighted by molar-refractivity contribution is 7.89. The van der Waals surface area contributed by atoms with Crippen LogP contribution in [0.3, 0.4) is 0 Å². The van der Waals surface area contributed by atoms with Gasteiger partial charge in [-0.05, 0) is 38.3 Å². The van der Waals surface area contributed by atoms with Gasteiger partial charge in [-0.2, -0.15) is 0 Å². The zero-order valence-electron chi connectivity index (χ0n) is 12.0. The third-order valence-electron chi connectivity index (χ3n) is 3.58. The molecule has 5 heteroatoms. The minimum atomic E-state index is -3.54.